The van der Waals surface area contributed by atoms with Crippen molar-refractivity contribution in [3.63, 3.8) is 0 Å². The van der Waals surface area contributed by atoms with Crippen molar-refractivity contribution in [3.8, 4) is 11.5 Å². The van der Waals surface area contributed by atoms with Crippen molar-refractivity contribution in [2.75, 3.05) is 31.6 Å². The molecule has 10 heteroatoms. The monoisotopic (exact) mass is 367 g/mol. The molecule has 1 aliphatic rings. The van der Waals surface area contributed by atoms with Gasteiger partial charge in [-0.25, -0.2) is 4.79 Å². The van der Waals surface area contributed by atoms with Crippen molar-refractivity contribution in [1.29, 1.82) is 0 Å². The van der Waals surface area contributed by atoms with E-state index in [-0.39, 0.29) is 36.0 Å². The summed E-state index contributed by atoms with van der Waals surface area (Å²) in [7, 11) is 0. The number of nitro groups is 1. The van der Waals surface area contributed by atoms with Gasteiger partial charge in [0.15, 0.2) is 11.5 Å². The second-order valence-electron chi connectivity index (χ2n) is 5.64. The molecule has 1 aliphatic heterocycles. The van der Waals surface area contributed by atoms with Crippen molar-refractivity contribution < 1.29 is 29.1 Å². The number of benzene rings is 1. The van der Waals surface area contributed by atoms with Gasteiger partial charge in [0.1, 0.15) is 5.69 Å². The molecule has 0 aliphatic carbocycles. The molecule has 2 amide bonds. The van der Waals surface area contributed by atoms with Gasteiger partial charge >= 0.3 is 12.0 Å². The lowest BCUT2D eigenvalue weighted by Crippen LogP contribution is -2.34. The molecule has 1 unspecified atom stereocenters. The number of hydrogen-bond acceptors (Lipinski definition) is 6. The predicted molar refractivity (Wildman–Crippen MR) is 91.8 cm³/mol. The van der Waals surface area contributed by atoms with Crippen LogP contribution in [-0.4, -0.2) is 53.2 Å². The Labute approximate surface area is 149 Å². The quantitative estimate of drug-likeness (QED) is 0.558. The second kappa shape index (κ2) is 8.37. The molecule has 1 saturated heterocycles. The lowest BCUT2D eigenvalue weighted by atomic mass is 10.1. The molecule has 0 spiro atoms. The molecule has 1 atom stereocenters. The highest BCUT2D eigenvalue weighted by molar-refractivity contribution is 5.93. The molecule has 2 rings (SSSR count). The summed E-state index contributed by atoms with van der Waals surface area (Å²) in [6, 6.07) is 1.95. The standard InChI is InChI=1S/C16H21N3O7/c1-3-25-13-7-11(12(19(23)24)8-14(13)26-4-2)17-16(22)18-6-5-10(9-18)15(20)21/h7-8,10H,3-6,9H2,1-2H3,(H,17,22)(H,20,21). The summed E-state index contributed by atoms with van der Waals surface area (Å²) in [5, 5.41) is 22.9. The maximum absolute atomic E-state index is 12.4. The summed E-state index contributed by atoms with van der Waals surface area (Å²) in [4.78, 5) is 35.4. The molecule has 26 heavy (non-hydrogen) atoms. The maximum Gasteiger partial charge on any atom is 0.322 e. The van der Waals surface area contributed by atoms with Crippen LogP contribution in [0.4, 0.5) is 16.2 Å². The van der Waals surface area contributed by atoms with Gasteiger partial charge in [0.2, 0.25) is 0 Å². The van der Waals surface area contributed by atoms with E-state index in [1.807, 2.05) is 0 Å². The topological polar surface area (TPSA) is 131 Å². The number of carboxylic acid groups (broad SMARTS) is 1. The fraction of sp³-hybridized carbons (Fsp3) is 0.500. The molecule has 10 nitrogen and oxygen atoms in total. The molecule has 1 aromatic rings. The zero-order chi connectivity index (χ0) is 19.3. The molecule has 142 valence electrons. The molecule has 1 fully saturated rings. The SMILES string of the molecule is CCOc1cc(NC(=O)N2CCC(C(=O)O)C2)c([N+](=O)[O-])cc1OCC. The third kappa shape index (κ3) is 4.32. The van der Waals surface area contributed by atoms with Crippen LogP contribution in [0, 0.1) is 16.0 Å². The third-order valence-electron chi connectivity index (χ3n) is 3.92. The van der Waals surface area contributed by atoms with Crippen LogP contribution in [0.25, 0.3) is 0 Å². The average Bonchev–Trinajstić information content (AvgIpc) is 3.07. The van der Waals surface area contributed by atoms with Crippen LogP contribution < -0.4 is 14.8 Å². The van der Waals surface area contributed by atoms with E-state index in [9.17, 15) is 19.7 Å². The highest BCUT2D eigenvalue weighted by atomic mass is 16.6. The minimum absolute atomic E-state index is 0.0364. The number of anilines is 1. The summed E-state index contributed by atoms with van der Waals surface area (Å²) < 4.78 is 10.8. The van der Waals surface area contributed by atoms with Gasteiger partial charge in [0, 0.05) is 19.2 Å². The van der Waals surface area contributed by atoms with Gasteiger partial charge in [0.05, 0.1) is 30.1 Å². The number of carboxylic acids is 1. The molecule has 2 N–H and O–H groups in total. The van der Waals surface area contributed by atoms with Crippen molar-refractivity contribution in [2.24, 2.45) is 5.92 Å². The normalized spacial score (nSPS) is 16.2. The first kappa shape index (κ1) is 19.3. The van der Waals surface area contributed by atoms with Crippen LogP contribution in [0.2, 0.25) is 0 Å². The molecular weight excluding hydrogens is 346 g/mol. The highest BCUT2D eigenvalue weighted by Crippen LogP contribution is 2.38. The number of rotatable bonds is 7. The van der Waals surface area contributed by atoms with Crippen molar-refractivity contribution in [2.45, 2.75) is 20.3 Å². The van der Waals surface area contributed by atoms with E-state index in [4.69, 9.17) is 14.6 Å². The van der Waals surface area contributed by atoms with Gasteiger partial charge in [0.25, 0.3) is 5.69 Å². The second-order valence-corrected chi connectivity index (χ2v) is 5.64. The lowest BCUT2D eigenvalue weighted by Gasteiger charge is -2.18. The molecule has 1 heterocycles. The van der Waals surface area contributed by atoms with E-state index in [2.05, 4.69) is 5.32 Å². The van der Waals surface area contributed by atoms with E-state index in [0.29, 0.717) is 19.6 Å². The number of hydrogen-bond donors (Lipinski definition) is 2. The van der Waals surface area contributed by atoms with Crippen LogP contribution in [0.15, 0.2) is 12.1 Å². The van der Waals surface area contributed by atoms with E-state index >= 15 is 0 Å². The average molecular weight is 367 g/mol. The third-order valence-corrected chi connectivity index (χ3v) is 3.92. The summed E-state index contributed by atoms with van der Waals surface area (Å²) in [6.07, 6.45) is 0.346. The first-order valence-electron chi connectivity index (χ1n) is 8.24. The zero-order valence-corrected chi connectivity index (χ0v) is 14.6. The zero-order valence-electron chi connectivity index (χ0n) is 14.6. The minimum Gasteiger partial charge on any atom is -0.490 e. The van der Waals surface area contributed by atoms with Gasteiger partial charge in [-0.15, -0.1) is 0 Å². The van der Waals surface area contributed by atoms with Crippen molar-refractivity contribution in [1.82, 2.24) is 4.90 Å². The Bertz CT molecular complexity index is 707. The molecule has 0 aromatic heterocycles. The fourth-order valence-corrected chi connectivity index (χ4v) is 2.68. The van der Waals surface area contributed by atoms with E-state index in [0.717, 1.165) is 0 Å². The Morgan fingerprint density at radius 3 is 2.42 bits per heavy atom. The number of carbonyl (C=O) groups is 2. The summed E-state index contributed by atoms with van der Waals surface area (Å²) in [5.74, 6) is -1.10. The van der Waals surface area contributed by atoms with Crippen molar-refractivity contribution >= 4 is 23.4 Å². The number of nitrogens with zero attached hydrogens (tertiary/aromatic N) is 2. The molecule has 0 saturated carbocycles. The van der Waals surface area contributed by atoms with Crippen LogP contribution in [0.3, 0.4) is 0 Å². The van der Waals surface area contributed by atoms with Crippen LogP contribution in [0.1, 0.15) is 20.3 Å². The van der Waals surface area contributed by atoms with Gasteiger partial charge in [-0.05, 0) is 20.3 Å². The number of nitro benzene ring substituents is 1. The predicted octanol–water partition coefficient (Wildman–Crippen LogP) is 2.33. The number of ether oxygens (including phenoxy) is 2. The summed E-state index contributed by atoms with van der Waals surface area (Å²) in [5.41, 5.74) is -0.370. The van der Waals surface area contributed by atoms with Crippen LogP contribution in [-0.2, 0) is 4.79 Å². The Balaban J connectivity index is 2.26. The van der Waals surface area contributed by atoms with Crippen LogP contribution in [0.5, 0.6) is 11.5 Å². The lowest BCUT2D eigenvalue weighted by molar-refractivity contribution is -0.384. The smallest absolute Gasteiger partial charge is 0.322 e. The first-order chi connectivity index (χ1) is 12.4. The molecule has 0 radical (unpaired) electrons. The number of amides is 2. The van der Waals surface area contributed by atoms with Gasteiger partial charge < -0.3 is 24.8 Å². The minimum atomic E-state index is -0.967. The number of nitrogens with one attached hydrogen (secondary N) is 1. The Hall–Kier alpha value is -3.04. The summed E-state index contributed by atoms with van der Waals surface area (Å²) >= 11 is 0. The molecule has 0 bridgehead atoms. The Kier molecular flexibility index (Phi) is 6.21. The number of aliphatic carboxylic acids is 1. The number of likely N-dealkylation sites (tertiary alicyclic amines) is 1. The maximum atomic E-state index is 12.4. The highest BCUT2D eigenvalue weighted by Gasteiger charge is 2.32. The van der Waals surface area contributed by atoms with Crippen LogP contribution >= 0.6 is 0 Å². The van der Waals surface area contributed by atoms with Crippen molar-refractivity contribution in [3.05, 3.63) is 22.2 Å². The van der Waals surface area contributed by atoms with Gasteiger partial charge in [-0.3, -0.25) is 14.9 Å². The first-order valence-corrected chi connectivity index (χ1v) is 8.24. The van der Waals surface area contributed by atoms with Gasteiger partial charge in [-0.2, -0.15) is 0 Å². The number of urea groups is 1. The van der Waals surface area contributed by atoms with E-state index in [1.54, 1.807) is 13.8 Å². The fourth-order valence-electron chi connectivity index (χ4n) is 2.68. The Morgan fingerprint density at radius 1 is 1.31 bits per heavy atom. The largest absolute Gasteiger partial charge is 0.490 e. The Morgan fingerprint density at radius 2 is 1.92 bits per heavy atom. The molecule has 1 aromatic carbocycles. The van der Waals surface area contributed by atoms with E-state index < -0.39 is 22.8 Å². The van der Waals surface area contributed by atoms with E-state index in [1.165, 1.54) is 17.0 Å². The van der Waals surface area contributed by atoms with Gasteiger partial charge in [-0.1, -0.05) is 0 Å². The number of carbonyl (C=O) groups excluding carboxylic acids is 1. The molecular formula is C16H21N3O7. The summed E-state index contributed by atoms with van der Waals surface area (Å²) in [6.45, 7) is 4.44.